The van der Waals surface area contributed by atoms with E-state index in [0.29, 0.717) is 28.3 Å². The normalized spacial score (nSPS) is 10.2. The van der Waals surface area contributed by atoms with E-state index in [4.69, 9.17) is 15.2 Å². The topological polar surface area (TPSA) is 74.4 Å². The maximum absolute atomic E-state index is 12.6. The first-order valence-corrected chi connectivity index (χ1v) is 6.12. The molecule has 0 amide bonds. The summed E-state index contributed by atoms with van der Waals surface area (Å²) in [4.78, 5) is 16.7. The van der Waals surface area contributed by atoms with Crippen LogP contribution in [0.3, 0.4) is 0 Å². The second kappa shape index (κ2) is 6.16. The van der Waals surface area contributed by atoms with Crippen LogP contribution in [0.1, 0.15) is 21.6 Å². The molecule has 2 rings (SSSR count). The molecule has 2 N–H and O–H groups in total. The Balaban J connectivity index is 2.52. The molecule has 0 radical (unpaired) electrons. The molecule has 104 valence electrons. The Labute approximate surface area is 117 Å². The van der Waals surface area contributed by atoms with E-state index in [2.05, 4.69) is 4.98 Å². The first-order valence-electron chi connectivity index (χ1n) is 6.12. The van der Waals surface area contributed by atoms with E-state index in [1.807, 2.05) is 0 Å². The van der Waals surface area contributed by atoms with Gasteiger partial charge in [-0.3, -0.25) is 9.78 Å². The fraction of sp³-hybridized carbons (Fsp3) is 0.200. The van der Waals surface area contributed by atoms with Gasteiger partial charge in [0.1, 0.15) is 17.1 Å². The quantitative estimate of drug-likeness (QED) is 0.840. The number of ether oxygens (including phenoxy) is 2. The van der Waals surface area contributed by atoms with Crippen LogP contribution in [0.5, 0.6) is 11.5 Å². The third kappa shape index (κ3) is 2.62. The van der Waals surface area contributed by atoms with Crippen molar-refractivity contribution in [3.8, 4) is 11.5 Å². The van der Waals surface area contributed by atoms with Gasteiger partial charge in [0.2, 0.25) is 5.78 Å². The number of pyridine rings is 1. The molecule has 0 saturated heterocycles. The lowest BCUT2D eigenvalue weighted by Crippen LogP contribution is -2.08. The van der Waals surface area contributed by atoms with Gasteiger partial charge in [0.05, 0.1) is 19.9 Å². The van der Waals surface area contributed by atoms with Crippen molar-refractivity contribution < 1.29 is 14.3 Å². The number of ketones is 1. The summed E-state index contributed by atoms with van der Waals surface area (Å²) in [5, 5.41) is 0. The summed E-state index contributed by atoms with van der Waals surface area (Å²) in [6, 6.07) is 8.54. The number of nitrogens with zero attached hydrogens (tertiary/aromatic N) is 1. The van der Waals surface area contributed by atoms with Crippen molar-refractivity contribution >= 4 is 5.78 Å². The van der Waals surface area contributed by atoms with Gasteiger partial charge in [0.15, 0.2) is 0 Å². The van der Waals surface area contributed by atoms with Crippen LogP contribution >= 0.6 is 0 Å². The van der Waals surface area contributed by atoms with Crippen LogP contribution in [0, 0.1) is 0 Å². The number of carbonyl (C=O) groups is 1. The average Bonchev–Trinajstić information content (AvgIpc) is 2.53. The Kier molecular flexibility index (Phi) is 4.32. The summed E-state index contributed by atoms with van der Waals surface area (Å²) in [6.45, 7) is 0.282. The monoisotopic (exact) mass is 272 g/mol. The maximum Gasteiger partial charge on any atom is 0.200 e. The van der Waals surface area contributed by atoms with Crippen molar-refractivity contribution in [1.82, 2.24) is 4.98 Å². The standard InChI is InChI=1S/C15H16N2O3/c1-19-12-4-3-5-13(20-2)14(12)15(18)10-6-7-17-11(8-10)9-16/h3-8H,9,16H2,1-2H3. The zero-order valence-corrected chi connectivity index (χ0v) is 11.4. The molecule has 0 bridgehead atoms. The summed E-state index contributed by atoms with van der Waals surface area (Å²) >= 11 is 0. The fourth-order valence-corrected chi connectivity index (χ4v) is 1.95. The molecule has 0 saturated carbocycles. The molecule has 0 aliphatic heterocycles. The van der Waals surface area contributed by atoms with Gasteiger partial charge in [0, 0.05) is 18.3 Å². The number of rotatable bonds is 5. The number of methoxy groups -OCH3 is 2. The third-order valence-corrected chi connectivity index (χ3v) is 2.94. The first kappa shape index (κ1) is 14.0. The minimum Gasteiger partial charge on any atom is -0.496 e. The van der Waals surface area contributed by atoms with Gasteiger partial charge in [0.25, 0.3) is 0 Å². The molecule has 0 fully saturated rings. The highest BCUT2D eigenvalue weighted by Crippen LogP contribution is 2.30. The van der Waals surface area contributed by atoms with Gasteiger partial charge in [-0.2, -0.15) is 0 Å². The first-order chi connectivity index (χ1) is 9.71. The van der Waals surface area contributed by atoms with E-state index >= 15 is 0 Å². The van der Waals surface area contributed by atoms with Crippen molar-refractivity contribution in [3.05, 3.63) is 53.3 Å². The van der Waals surface area contributed by atoms with E-state index in [9.17, 15) is 4.79 Å². The second-order valence-electron chi connectivity index (χ2n) is 4.11. The molecule has 0 spiro atoms. The van der Waals surface area contributed by atoms with Crippen LogP contribution in [0.25, 0.3) is 0 Å². The third-order valence-electron chi connectivity index (χ3n) is 2.94. The highest BCUT2D eigenvalue weighted by atomic mass is 16.5. The zero-order chi connectivity index (χ0) is 14.5. The molecule has 0 aliphatic rings. The van der Waals surface area contributed by atoms with Crippen LogP contribution in [-0.4, -0.2) is 25.0 Å². The molecule has 0 atom stereocenters. The van der Waals surface area contributed by atoms with Gasteiger partial charge in [-0.15, -0.1) is 0 Å². The molecule has 1 aromatic heterocycles. The Hall–Kier alpha value is -2.40. The fourth-order valence-electron chi connectivity index (χ4n) is 1.95. The average molecular weight is 272 g/mol. The Morgan fingerprint density at radius 2 is 1.85 bits per heavy atom. The van der Waals surface area contributed by atoms with Crippen molar-refractivity contribution in [3.63, 3.8) is 0 Å². The Bertz CT molecular complexity index is 604. The number of nitrogens with two attached hydrogens (primary N) is 1. The molecule has 5 heteroatoms. The summed E-state index contributed by atoms with van der Waals surface area (Å²) in [5.74, 6) is 0.761. The highest BCUT2D eigenvalue weighted by Gasteiger charge is 2.19. The summed E-state index contributed by atoms with van der Waals surface area (Å²) in [6.07, 6.45) is 1.57. The number of aromatic nitrogens is 1. The van der Waals surface area contributed by atoms with E-state index in [0.717, 1.165) is 0 Å². The van der Waals surface area contributed by atoms with E-state index in [-0.39, 0.29) is 12.3 Å². The molecule has 1 heterocycles. The predicted octanol–water partition coefficient (Wildman–Crippen LogP) is 1.79. The number of hydrogen-bond donors (Lipinski definition) is 1. The van der Waals surface area contributed by atoms with Gasteiger partial charge in [-0.05, 0) is 24.3 Å². The van der Waals surface area contributed by atoms with Gasteiger partial charge >= 0.3 is 0 Å². The van der Waals surface area contributed by atoms with Gasteiger partial charge in [-0.1, -0.05) is 6.07 Å². The molecule has 2 aromatic rings. The lowest BCUT2D eigenvalue weighted by atomic mass is 10.0. The van der Waals surface area contributed by atoms with Crippen LogP contribution in [-0.2, 0) is 6.54 Å². The summed E-state index contributed by atoms with van der Waals surface area (Å²) in [5.41, 5.74) is 7.10. The maximum atomic E-state index is 12.6. The molecular formula is C15H16N2O3. The summed E-state index contributed by atoms with van der Waals surface area (Å²) in [7, 11) is 3.03. The number of benzene rings is 1. The van der Waals surface area contributed by atoms with Crippen molar-refractivity contribution in [2.45, 2.75) is 6.54 Å². The minimum atomic E-state index is -0.184. The van der Waals surface area contributed by atoms with Crippen LogP contribution in [0.15, 0.2) is 36.5 Å². The highest BCUT2D eigenvalue weighted by molar-refractivity contribution is 6.12. The lowest BCUT2D eigenvalue weighted by molar-refractivity contribution is 0.103. The van der Waals surface area contributed by atoms with Crippen molar-refractivity contribution in [2.24, 2.45) is 5.73 Å². The Morgan fingerprint density at radius 3 is 2.40 bits per heavy atom. The molecular weight excluding hydrogens is 256 g/mol. The SMILES string of the molecule is COc1cccc(OC)c1C(=O)c1ccnc(CN)c1. The molecule has 1 aromatic carbocycles. The largest absolute Gasteiger partial charge is 0.496 e. The number of carbonyl (C=O) groups excluding carboxylic acids is 1. The predicted molar refractivity (Wildman–Crippen MR) is 75.1 cm³/mol. The van der Waals surface area contributed by atoms with Crippen LogP contribution in [0.2, 0.25) is 0 Å². The van der Waals surface area contributed by atoms with Crippen molar-refractivity contribution in [1.29, 1.82) is 0 Å². The van der Waals surface area contributed by atoms with E-state index < -0.39 is 0 Å². The Morgan fingerprint density at radius 1 is 1.20 bits per heavy atom. The van der Waals surface area contributed by atoms with Crippen molar-refractivity contribution in [2.75, 3.05) is 14.2 Å². The number of hydrogen-bond acceptors (Lipinski definition) is 5. The van der Waals surface area contributed by atoms with Gasteiger partial charge < -0.3 is 15.2 Å². The molecule has 5 nitrogen and oxygen atoms in total. The zero-order valence-electron chi connectivity index (χ0n) is 11.4. The molecule has 0 unspecified atom stereocenters. The van der Waals surface area contributed by atoms with Gasteiger partial charge in [-0.25, -0.2) is 0 Å². The lowest BCUT2D eigenvalue weighted by Gasteiger charge is -2.12. The second-order valence-corrected chi connectivity index (χ2v) is 4.11. The summed E-state index contributed by atoms with van der Waals surface area (Å²) < 4.78 is 10.5. The molecule has 20 heavy (non-hydrogen) atoms. The van der Waals surface area contributed by atoms with Crippen LogP contribution in [0.4, 0.5) is 0 Å². The minimum absolute atomic E-state index is 0.184. The van der Waals surface area contributed by atoms with E-state index in [1.165, 1.54) is 14.2 Å². The smallest absolute Gasteiger partial charge is 0.200 e. The van der Waals surface area contributed by atoms with E-state index in [1.54, 1.807) is 36.5 Å². The van der Waals surface area contributed by atoms with Crippen LogP contribution < -0.4 is 15.2 Å². The molecule has 0 aliphatic carbocycles.